The van der Waals surface area contributed by atoms with Crippen LogP contribution in [0.15, 0.2) is 54.6 Å². The van der Waals surface area contributed by atoms with Crippen molar-refractivity contribution in [3.8, 4) is 0 Å². The van der Waals surface area contributed by atoms with Crippen molar-refractivity contribution in [3.05, 3.63) is 82.7 Å². The normalized spacial score (nSPS) is 14.9. The number of carbonyl (C=O) groups is 1. The zero-order chi connectivity index (χ0) is 17.3. The Morgan fingerprint density at radius 2 is 1.88 bits per heavy atom. The highest BCUT2D eigenvalue weighted by Gasteiger charge is 2.23. The zero-order valence-electron chi connectivity index (χ0n) is 13.3. The number of hydrogen-bond donors (Lipinski definition) is 1. The highest BCUT2D eigenvalue weighted by atomic mass is 32.1. The Kier molecular flexibility index (Phi) is 4.54. The molecule has 0 aromatic heterocycles. The number of fused-ring (bicyclic) bond motifs is 1. The molecule has 0 unspecified atom stereocenters. The van der Waals surface area contributed by atoms with E-state index in [0.717, 1.165) is 50.2 Å². The Hall–Kier alpha value is -2.39. The van der Waals surface area contributed by atoms with Crippen LogP contribution in [0.1, 0.15) is 35.6 Å². The Bertz CT molecular complexity index is 889. The highest BCUT2D eigenvalue weighted by Crippen LogP contribution is 2.43. The maximum atomic E-state index is 13.6. The van der Waals surface area contributed by atoms with Crippen molar-refractivity contribution >= 4 is 41.0 Å². The van der Waals surface area contributed by atoms with E-state index in [0.29, 0.717) is 0 Å². The zero-order valence-corrected chi connectivity index (χ0v) is 14.2. The van der Waals surface area contributed by atoms with Gasteiger partial charge in [-0.05, 0) is 64.1 Å². The molecule has 0 spiro atoms. The van der Waals surface area contributed by atoms with Crippen molar-refractivity contribution in [3.63, 3.8) is 0 Å². The SMILES string of the molecule is C=C(S)c1ccc(/C=C2/C(C)=C(CC=O)c3cc(F)ccc32)cc1. The number of carbonyl (C=O) groups excluding carboxylic acids is 1. The molecule has 2 aromatic rings. The third kappa shape index (κ3) is 3.00. The largest absolute Gasteiger partial charge is 0.303 e. The lowest BCUT2D eigenvalue weighted by Crippen LogP contribution is -1.87. The summed E-state index contributed by atoms with van der Waals surface area (Å²) < 4.78 is 13.6. The molecule has 120 valence electrons. The van der Waals surface area contributed by atoms with Gasteiger partial charge in [-0.15, -0.1) is 12.6 Å². The van der Waals surface area contributed by atoms with Crippen LogP contribution in [0.5, 0.6) is 0 Å². The lowest BCUT2D eigenvalue weighted by Gasteiger charge is -2.05. The van der Waals surface area contributed by atoms with Crippen LogP contribution in [0.25, 0.3) is 22.1 Å². The van der Waals surface area contributed by atoms with Gasteiger partial charge in [0.1, 0.15) is 12.1 Å². The minimum atomic E-state index is -0.289. The fourth-order valence-corrected chi connectivity index (χ4v) is 3.19. The number of hydrogen-bond acceptors (Lipinski definition) is 2. The van der Waals surface area contributed by atoms with Crippen LogP contribution >= 0.6 is 12.6 Å². The first-order valence-electron chi connectivity index (χ1n) is 7.65. The van der Waals surface area contributed by atoms with Crippen molar-refractivity contribution in [2.75, 3.05) is 0 Å². The molecule has 0 bridgehead atoms. The molecule has 2 aromatic carbocycles. The highest BCUT2D eigenvalue weighted by molar-refractivity contribution is 7.90. The second-order valence-electron chi connectivity index (χ2n) is 5.79. The third-order valence-corrected chi connectivity index (χ3v) is 4.55. The third-order valence-electron chi connectivity index (χ3n) is 4.30. The molecule has 0 radical (unpaired) electrons. The summed E-state index contributed by atoms with van der Waals surface area (Å²) in [6.07, 6.45) is 3.22. The Morgan fingerprint density at radius 3 is 2.50 bits per heavy atom. The summed E-state index contributed by atoms with van der Waals surface area (Å²) in [7, 11) is 0. The fraction of sp³-hybridized carbons (Fsp3) is 0.0952. The molecule has 0 N–H and O–H groups in total. The number of allylic oxidation sites excluding steroid dienone is 3. The molecule has 0 amide bonds. The van der Waals surface area contributed by atoms with Gasteiger partial charge in [-0.25, -0.2) is 4.39 Å². The van der Waals surface area contributed by atoms with Gasteiger partial charge in [0, 0.05) is 11.3 Å². The molecule has 0 fully saturated rings. The Balaban J connectivity index is 2.10. The number of rotatable bonds is 4. The molecule has 1 aliphatic carbocycles. The summed E-state index contributed by atoms with van der Waals surface area (Å²) in [6.45, 7) is 5.79. The van der Waals surface area contributed by atoms with E-state index in [4.69, 9.17) is 0 Å². The lowest BCUT2D eigenvalue weighted by atomic mass is 10.00. The van der Waals surface area contributed by atoms with Crippen molar-refractivity contribution in [1.29, 1.82) is 0 Å². The predicted octanol–water partition coefficient (Wildman–Crippen LogP) is 5.64. The standard InChI is InChI=1S/C21H17FOS/c1-13-18(9-10-23)21-12-17(22)7-8-19(21)20(13)11-15-3-5-16(6-4-15)14(2)24/h3-8,10-12,24H,2,9H2,1H3/b20-11-. The molecule has 3 heteroatoms. The minimum Gasteiger partial charge on any atom is -0.303 e. The minimum absolute atomic E-state index is 0.289. The smallest absolute Gasteiger partial charge is 0.124 e. The van der Waals surface area contributed by atoms with Crippen LogP contribution in [0.3, 0.4) is 0 Å². The first-order valence-corrected chi connectivity index (χ1v) is 8.10. The van der Waals surface area contributed by atoms with Crippen molar-refractivity contribution in [2.24, 2.45) is 0 Å². The van der Waals surface area contributed by atoms with E-state index in [1.165, 1.54) is 12.1 Å². The van der Waals surface area contributed by atoms with Crippen molar-refractivity contribution in [2.45, 2.75) is 13.3 Å². The molecule has 24 heavy (non-hydrogen) atoms. The second kappa shape index (κ2) is 6.62. The van der Waals surface area contributed by atoms with Crippen molar-refractivity contribution in [1.82, 2.24) is 0 Å². The van der Waals surface area contributed by atoms with Gasteiger partial charge in [0.2, 0.25) is 0 Å². The predicted molar refractivity (Wildman–Crippen MR) is 102 cm³/mol. The molecule has 0 aliphatic heterocycles. The molecule has 1 aliphatic rings. The quantitative estimate of drug-likeness (QED) is 0.564. The molecular weight excluding hydrogens is 319 g/mol. The first kappa shape index (κ1) is 16.5. The maximum absolute atomic E-state index is 13.6. The van der Waals surface area contributed by atoms with Gasteiger partial charge in [0.05, 0.1) is 0 Å². The van der Waals surface area contributed by atoms with E-state index in [1.54, 1.807) is 6.07 Å². The van der Waals surface area contributed by atoms with E-state index < -0.39 is 0 Å². The summed E-state index contributed by atoms with van der Waals surface area (Å²) in [5, 5.41) is 0. The van der Waals surface area contributed by atoms with Crippen LogP contribution < -0.4 is 0 Å². The van der Waals surface area contributed by atoms with Gasteiger partial charge in [0.15, 0.2) is 0 Å². The van der Waals surface area contributed by atoms with Gasteiger partial charge in [-0.3, -0.25) is 0 Å². The topological polar surface area (TPSA) is 17.1 Å². The van der Waals surface area contributed by atoms with E-state index in [-0.39, 0.29) is 12.2 Å². The van der Waals surface area contributed by atoms with Gasteiger partial charge >= 0.3 is 0 Å². The number of benzene rings is 2. The van der Waals surface area contributed by atoms with Gasteiger partial charge in [0.25, 0.3) is 0 Å². The lowest BCUT2D eigenvalue weighted by molar-refractivity contribution is -0.107. The molecule has 1 nitrogen and oxygen atoms in total. The fourth-order valence-electron chi connectivity index (χ4n) is 3.04. The van der Waals surface area contributed by atoms with E-state index in [9.17, 15) is 9.18 Å². The molecule has 3 rings (SSSR count). The summed E-state index contributed by atoms with van der Waals surface area (Å²) in [5.74, 6) is -0.289. The van der Waals surface area contributed by atoms with Crippen molar-refractivity contribution < 1.29 is 9.18 Å². The van der Waals surface area contributed by atoms with Crippen LogP contribution in [0.2, 0.25) is 0 Å². The molecule has 0 saturated carbocycles. The van der Waals surface area contributed by atoms with Crippen LogP contribution in [-0.2, 0) is 4.79 Å². The number of thiol groups is 1. The maximum Gasteiger partial charge on any atom is 0.124 e. The molecule has 0 heterocycles. The summed E-state index contributed by atoms with van der Waals surface area (Å²) in [6, 6.07) is 12.7. The van der Waals surface area contributed by atoms with E-state index in [2.05, 4.69) is 25.3 Å². The van der Waals surface area contributed by atoms with E-state index >= 15 is 0 Å². The number of halogens is 1. The van der Waals surface area contributed by atoms with Gasteiger partial charge in [-0.2, -0.15) is 0 Å². The van der Waals surface area contributed by atoms with Crippen LogP contribution in [-0.4, -0.2) is 6.29 Å². The first-order chi connectivity index (χ1) is 11.5. The summed E-state index contributed by atoms with van der Waals surface area (Å²) >= 11 is 4.25. The van der Waals surface area contributed by atoms with Crippen LogP contribution in [0.4, 0.5) is 4.39 Å². The van der Waals surface area contributed by atoms with Crippen LogP contribution in [0, 0.1) is 5.82 Å². The summed E-state index contributed by atoms with van der Waals surface area (Å²) in [4.78, 5) is 11.7. The average molecular weight is 336 g/mol. The molecular formula is C21H17FOS. The van der Waals surface area contributed by atoms with Gasteiger partial charge in [-0.1, -0.05) is 36.9 Å². The number of aldehydes is 1. The molecule has 0 saturated heterocycles. The Labute approximate surface area is 146 Å². The monoisotopic (exact) mass is 336 g/mol. The average Bonchev–Trinajstić information content (AvgIpc) is 2.81. The Morgan fingerprint density at radius 1 is 1.17 bits per heavy atom. The molecule has 0 atom stereocenters. The second-order valence-corrected chi connectivity index (χ2v) is 6.33. The van der Waals surface area contributed by atoms with E-state index in [1.807, 2.05) is 31.2 Å². The summed E-state index contributed by atoms with van der Waals surface area (Å²) in [5.41, 5.74) is 6.73. The van der Waals surface area contributed by atoms with Gasteiger partial charge < -0.3 is 4.79 Å².